The van der Waals surface area contributed by atoms with Gasteiger partial charge >= 0.3 is 0 Å². The van der Waals surface area contributed by atoms with Gasteiger partial charge in [0, 0.05) is 43.7 Å². The maximum absolute atomic E-state index is 6.30. The summed E-state index contributed by atoms with van der Waals surface area (Å²) in [6, 6.07) is 74.6. The number of benzene rings is 9. The van der Waals surface area contributed by atoms with Crippen LogP contribution in [0.2, 0.25) is 0 Å². The van der Waals surface area contributed by atoms with Gasteiger partial charge in [-0.05, 0) is 118 Å². The molecular formula is C54H34N2O. The van der Waals surface area contributed by atoms with Gasteiger partial charge in [0.25, 0.3) is 0 Å². The number of hydrogen-bond donors (Lipinski definition) is 0. The van der Waals surface area contributed by atoms with Crippen LogP contribution in [-0.4, -0.2) is 9.13 Å². The summed E-state index contributed by atoms with van der Waals surface area (Å²) in [5.74, 6) is 0. The molecule has 3 heterocycles. The van der Waals surface area contributed by atoms with Crippen LogP contribution in [0.3, 0.4) is 0 Å². The molecule has 12 aromatic rings. The molecule has 266 valence electrons. The fraction of sp³-hybridized carbons (Fsp3) is 0. The Bertz CT molecular complexity index is 3510. The van der Waals surface area contributed by atoms with E-state index in [1.165, 1.54) is 65.9 Å². The van der Waals surface area contributed by atoms with Gasteiger partial charge in [-0.25, -0.2) is 0 Å². The van der Waals surface area contributed by atoms with Crippen LogP contribution < -0.4 is 0 Å². The van der Waals surface area contributed by atoms with E-state index in [4.69, 9.17) is 4.42 Å². The molecule has 0 aliphatic carbocycles. The summed E-state index contributed by atoms with van der Waals surface area (Å²) < 4.78 is 11.1. The van der Waals surface area contributed by atoms with E-state index in [0.717, 1.165) is 44.4 Å². The van der Waals surface area contributed by atoms with Crippen molar-refractivity contribution in [3.63, 3.8) is 0 Å². The molecule has 0 aliphatic heterocycles. The van der Waals surface area contributed by atoms with Gasteiger partial charge in [-0.15, -0.1) is 0 Å². The molecule has 12 rings (SSSR count). The molecule has 3 heteroatoms. The van der Waals surface area contributed by atoms with Crippen molar-refractivity contribution < 1.29 is 4.42 Å². The van der Waals surface area contributed by atoms with Gasteiger partial charge in [0.1, 0.15) is 11.2 Å². The smallest absolute Gasteiger partial charge is 0.136 e. The second-order valence-electron chi connectivity index (χ2n) is 14.9. The zero-order chi connectivity index (χ0) is 37.5. The van der Waals surface area contributed by atoms with Crippen molar-refractivity contribution >= 4 is 65.6 Å². The SMILES string of the molecule is c1ccc(-c2cccc(-n3c4ccccc4c4cc(-c5ccc6c(c5)c5cc(-c7ccc8c(c7)oc7ccccc78)ccc5n6-c5ccccc5)ccc43)c2)cc1. The quantitative estimate of drug-likeness (QED) is 0.173. The molecule has 0 amide bonds. The van der Waals surface area contributed by atoms with Gasteiger partial charge in [-0.3, -0.25) is 0 Å². The Kier molecular flexibility index (Phi) is 6.93. The van der Waals surface area contributed by atoms with Gasteiger partial charge in [0.05, 0.1) is 22.1 Å². The number of furan rings is 1. The van der Waals surface area contributed by atoms with E-state index in [9.17, 15) is 0 Å². The zero-order valence-electron chi connectivity index (χ0n) is 30.9. The highest BCUT2D eigenvalue weighted by Gasteiger charge is 2.18. The topological polar surface area (TPSA) is 23.0 Å². The number of rotatable bonds is 5. The highest BCUT2D eigenvalue weighted by Crippen LogP contribution is 2.40. The van der Waals surface area contributed by atoms with Crippen LogP contribution in [-0.2, 0) is 0 Å². The minimum absolute atomic E-state index is 0.906. The molecule has 0 N–H and O–H groups in total. The molecule has 0 unspecified atom stereocenters. The molecule has 0 fully saturated rings. The normalized spacial score (nSPS) is 11.9. The van der Waals surface area contributed by atoms with Crippen LogP contribution in [0.25, 0.3) is 110 Å². The second kappa shape index (κ2) is 12.5. The van der Waals surface area contributed by atoms with Crippen molar-refractivity contribution in [2.24, 2.45) is 0 Å². The highest BCUT2D eigenvalue weighted by molar-refractivity contribution is 6.14. The predicted octanol–water partition coefficient (Wildman–Crippen LogP) is 14.8. The molecule has 0 atom stereocenters. The molecule has 3 nitrogen and oxygen atoms in total. The molecule has 0 saturated carbocycles. The molecule has 0 bridgehead atoms. The Morgan fingerprint density at radius 1 is 0.246 bits per heavy atom. The number of fused-ring (bicyclic) bond motifs is 9. The van der Waals surface area contributed by atoms with Crippen LogP contribution >= 0.6 is 0 Å². The second-order valence-corrected chi connectivity index (χ2v) is 14.9. The van der Waals surface area contributed by atoms with Crippen molar-refractivity contribution in [3.8, 4) is 44.8 Å². The summed E-state index contributed by atoms with van der Waals surface area (Å²) in [6.07, 6.45) is 0. The monoisotopic (exact) mass is 726 g/mol. The van der Waals surface area contributed by atoms with E-state index in [0.29, 0.717) is 0 Å². The zero-order valence-corrected chi connectivity index (χ0v) is 30.9. The van der Waals surface area contributed by atoms with Crippen LogP contribution in [0.15, 0.2) is 211 Å². The Hall–Kier alpha value is -7.62. The van der Waals surface area contributed by atoms with E-state index in [1.807, 2.05) is 12.1 Å². The molecule has 0 saturated heterocycles. The van der Waals surface area contributed by atoms with Crippen molar-refractivity contribution in [2.75, 3.05) is 0 Å². The van der Waals surface area contributed by atoms with Gasteiger partial charge in [-0.1, -0.05) is 121 Å². The van der Waals surface area contributed by atoms with E-state index in [2.05, 4.69) is 203 Å². The molecule has 3 aromatic heterocycles. The minimum atomic E-state index is 0.906. The van der Waals surface area contributed by atoms with Crippen LogP contribution in [0.1, 0.15) is 0 Å². The van der Waals surface area contributed by atoms with E-state index in [1.54, 1.807) is 0 Å². The highest BCUT2D eigenvalue weighted by atomic mass is 16.3. The fourth-order valence-electron chi connectivity index (χ4n) is 9.03. The summed E-state index contributed by atoms with van der Waals surface area (Å²) in [4.78, 5) is 0. The lowest BCUT2D eigenvalue weighted by Crippen LogP contribution is -1.94. The van der Waals surface area contributed by atoms with Crippen LogP contribution in [0.4, 0.5) is 0 Å². The third-order valence-electron chi connectivity index (χ3n) is 11.7. The van der Waals surface area contributed by atoms with E-state index >= 15 is 0 Å². The average Bonchev–Trinajstić information content (AvgIpc) is 3.93. The van der Waals surface area contributed by atoms with Crippen molar-refractivity contribution in [1.29, 1.82) is 0 Å². The summed E-state index contributed by atoms with van der Waals surface area (Å²) in [5, 5.41) is 7.21. The molecule has 0 aliphatic rings. The number of para-hydroxylation sites is 3. The lowest BCUT2D eigenvalue weighted by atomic mass is 9.99. The molecular weight excluding hydrogens is 693 g/mol. The van der Waals surface area contributed by atoms with Gasteiger partial charge in [0.2, 0.25) is 0 Å². The molecule has 57 heavy (non-hydrogen) atoms. The van der Waals surface area contributed by atoms with Crippen LogP contribution in [0, 0.1) is 0 Å². The first-order valence-electron chi connectivity index (χ1n) is 19.5. The first kappa shape index (κ1) is 31.7. The standard InChI is InChI=1S/C54H34N2O/c1-3-12-35(13-4-1)36-14-11-17-42(30-36)56-49-20-9-7-18-43(49)46-31-37(23-27-50(46)56)38-24-28-51-47(32-38)48-33-39(25-29-52(48)55(51)41-15-5-2-6-16-41)40-22-26-45-44-19-8-10-21-53(44)57-54(45)34-40/h1-34H. The first-order valence-corrected chi connectivity index (χ1v) is 19.5. The third-order valence-corrected chi connectivity index (χ3v) is 11.7. The lowest BCUT2D eigenvalue weighted by molar-refractivity contribution is 0.669. The number of nitrogens with zero attached hydrogens (tertiary/aromatic N) is 2. The maximum Gasteiger partial charge on any atom is 0.136 e. The fourth-order valence-corrected chi connectivity index (χ4v) is 9.03. The van der Waals surface area contributed by atoms with Gasteiger partial charge < -0.3 is 13.6 Å². The van der Waals surface area contributed by atoms with Gasteiger partial charge in [0.15, 0.2) is 0 Å². The summed E-state index contributed by atoms with van der Waals surface area (Å²) in [7, 11) is 0. The average molecular weight is 727 g/mol. The third kappa shape index (κ3) is 4.99. The first-order chi connectivity index (χ1) is 28.2. The Morgan fingerprint density at radius 2 is 0.702 bits per heavy atom. The van der Waals surface area contributed by atoms with Crippen molar-refractivity contribution in [1.82, 2.24) is 9.13 Å². The van der Waals surface area contributed by atoms with E-state index < -0.39 is 0 Å². The Balaban J connectivity index is 1.03. The Labute approximate surface area is 328 Å². The molecule has 9 aromatic carbocycles. The van der Waals surface area contributed by atoms with E-state index in [-0.39, 0.29) is 0 Å². The number of hydrogen-bond acceptors (Lipinski definition) is 1. The summed E-state index contributed by atoms with van der Waals surface area (Å²) >= 11 is 0. The summed E-state index contributed by atoms with van der Waals surface area (Å²) in [6.45, 7) is 0. The maximum atomic E-state index is 6.30. The number of aromatic nitrogens is 2. The van der Waals surface area contributed by atoms with Crippen molar-refractivity contribution in [2.45, 2.75) is 0 Å². The lowest BCUT2D eigenvalue weighted by Gasteiger charge is -2.11. The largest absolute Gasteiger partial charge is 0.456 e. The van der Waals surface area contributed by atoms with Crippen molar-refractivity contribution in [3.05, 3.63) is 206 Å². The molecule has 0 radical (unpaired) electrons. The van der Waals surface area contributed by atoms with Crippen LogP contribution in [0.5, 0.6) is 0 Å². The predicted molar refractivity (Wildman–Crippen MR) is 239 cm³/mol. The summed E-state index contributed by atoms with van der Waals surface area (Å²) in [5.41, 5.74) is 16.0. The minimum Gasteiger partial charge on any atom is -0.456 e. The Morgan fingerprint density at radius 3 is 1.40 bits per heavy atom. The van der Waals surface area contributed by atoms with Gasteiger partial charge in [-0.2, -0.15) is 0 Å². The molecule has 0 spiro atoms.